The molecule has 5 nitrogen and oxygen atoms in total. The van der Waals surface area contributed by atoms with Crippen molar-refractivity contribution in [2.45, 2.75) is 5.92 Å². The predicted octanol–water partition coefficient (Wildman–Crippen LogP) is 4.46. The monoisotopic (exact) mass is 388 g/mol. The molecule has 3 rings (SSSR count). The summed E-state index contributed by atoms with van der Waals surface area (Å²) in [6, 6.07) is 24.8. The molecular weight excluding hydrogens is 364 g/mol. The summed E-state index contributed by atoms with van der Waals surface area (Å²) in [5, 5.41) is 12.5. The first kappa shape index (κ1) is 20.2. The molecular formula is C24H24N2O3. The number of hydroxylamine groups is 1. The van der Waals surface area contributed by atoms with E-state index in [1.54, 1.807) is 12.6 Å². The lowest BCUT2D eigenvalue weighted by Gasteiger charge is -2.16. The number of methoxy groups -OCH3 is 1. The number of rotatable bonds is 8. The SMILES string of the molecule is COc1ccccc1C=CCNc1ccc(C(C(=O)NO)c2ccccc2)cc1. The Hall–Kier alpha value is -3.57. The Kier molecular flexibility index (Phi) is 7.03. The molecule has 3 aromatic rings. The summed E-state index contributed by atoms with van der Waals surface area (Å²) in [7, 11) is 1.66. The van der Waals surface area contributed by atoms with E-state index in [1.807, 2.05) is 91.0 Å². The average Bonchev–Trinajstić information content (AvgIpc) is 2.78. The van der Waals surface area contributed by atoms with Crippen molar-refractivity contribution >= 4 is 17.7 Å². The number of anilines is 1. The van der Waals surface area contributed by atoms with E-state index in [9.17, 15) is 4.79 Å². The molecule has 5 heteroatoms. The van der Waals surface area contributed by atoms with Crippen molar-refractivity contribution in [3.8, 4) is 5.75 Å². The molecule has 1 amide bonds. The van der Waals surface area contributed by atoms with Gasteiger partial charge in [-0.15, -0.1) is 0 Å². The molecule has 0 saturated heterocycles. The number of amides is 1. The second-order valence-corrected chi connectivity index (χ2v) is 6.47. The smallest absolute Gasteiger partial charge is 0.255 e. The van der Waals surface area contributed by atoms with Gasteiger partial charge in [-0.1, -0.05) is 72.8 Å². The van der Waals surface area contributed by atoms with E-state index in [-0.39, 0.29) is 0 Å². The number of ether oxygens (including phenoxy) is 1. The quantitative estimate of drug-likeness (QED) is 0.394. The number of nitrogens with one attached hydrogen (secondary N) is 2. The first-order valence-electron chi connectivity index (χ1n) is 9.35. The molecule has 0 aliphatic carbocycles. The predicted molar refractivity (Wildman–Crippen MR) is 115 cm³/mol. The molecule has 0 aliphatic heterocycles. The molecule has 148 valence electrons. The molecule has 0 saturated carbocycles. The second-order valence-electron chi connectivity index (χ2n) is 6.47. The van der Waals surface area contributed by atoms with Crippen LogP contribution in [0.2, 0.25) is 0 Å². The summed E-state index contributed by atoms with van der Waals surface area (Å²) in [6.07, 6.45) is 4.04. The number of carbonyl (C=O) groups excluding carboxylic acids is 1. The van der Waals surface area contributed by atoms with Gasteiger partial charge in [-0.3, -0.25) is 10.0 Å². The van der Waals surface area contributed by atoms with E-state index < -0.39 is 11.8 Å². The first-order valence-corrected chi connectivity index (χ1v) is 9.35. The number of hydrogen-bond acceptors (Lipinski definition) is 4. The Bertz CT molecular complexity index is 953. The van der Waals surface area contributed by atoms with Crippen molar-refractivity contribution in [3.05, 3.63) is 102 Å². The maximum atomic E-state index is 12.2. The van der Waals surface area contributed by atoms with Gasteiger partial charge in [0.15, 0.2) is 0 Å². The Balaban J connectivity index is 1.66. The third kappa shape index (κ3) is 5.24. The minimum Gasteiger partial charge on any atom is -0.496 e. The van der Waals surface area contributed by atoms with Crippen LogP contribution in [0, 0.1) is 0 Å². The number of para-hydroxylation sites is 1. The van der Waals surface area contributed by atoms with Crippen LogP contribution in [-0.2, 0) is 4.79 Å². The maximum absolute atomic E-state index is 12.2. The van der Waals surface area contributed by atoms with E-state index in [2.05, 4.69) is 5.32 Å². The molecule has 0 fully saturated rings. The van der Waals surface area contributed by atoms with E-state index in [0.717, 1.165) is 28.1 Å². The molecule has 0 spiro atoms. The lowest BCUT2D eigenvalue weighted by Crippen LogP contribution is -2.27. The standard InChI is InChI=1S/C24H24N2O3/c1-29-22-12-6-5-8-18(22)11-7-17-25-21-15-13-20(14-16-21)23(24(27)26-28)19-9-3-2-4-10-19/h2-16,23,25,28H,17H2,1H3,(H,26,27). The van der Waals surface area contributed by atoms with E-state index in [0.29, 0.717) is 6.54 Å². The minimum atomic E-state index is -0.569. The minimum absolute atomic E-state index is 0.461. The third-order valence-electron chi connectivity index (χ3n) is 4.61. The second kappa shape index (κ2) is 10.1. The summed E-state index contributed by atoms with van der Waals surface area (Å²) < 4.78 is 5.34. The summed E-state index contributed by atoms with van der Waals surface area (Å²) in [4.78, 5) is 12.2. The van der Waals surface area contributed by atoms with Gasteiger partial charge in [0.1, 0.15) is 5.75 Å². The van der Waals surface area contributed by atoms with Crippen LogP contribution in [0.1, 0.15) is 22.6 Å². The molecule has 0 heterocycles. The summed E-state index contributed by atoms with van der Waals surface area (Å²) >= 11 is 0. The van der Waals surface area contributed by atoms with E-state index >= 15 is 0 Å². The Morgan fingerprint density at radius 2 is 1.62 bits per heavy atom. The van der Waals surface area contributed by atoms with Crippen molar-refractivity contribution in [3.63, 3.8) is 0 Å². The van der Waals surface area contributed by atoms with Gasteiger partial charge in [-0.2, -0.15) is 0 Å². The highest BCUT2D eigenvalue weighted by Gasteiger charge is 2.22. The number of hydrogen-bond donors (Lipinski definition) is 3. The molecule has 3 N–H and O–H groups in total. The van der Waals surface area contributed by atoms with Gasteiger partial charge < -0.3 is 10.1 Å². The van der Waals surface area contributed by atoms with Crippen LogP contribution in [-0.4, -0.2) is 24.8 Å². The zero-order valence-corrected chi connectivity index (χ0v) is 16.2. The fraction of sp³-hybridized carbons (Fsp3) is 0.125. The van der Waals surface area contributed by atoms with Gasteiger partial charge in [0.25, 0.3) is 5.91 Å². The Labute approximate surface area is 170 Å². The normalized spacial score (nSPS) is 11.8. The first-order chi connectivity index (χ1) is 14.2. The van der Waals surface area contributed by atoms with Crippen molar-refractivity contribution in [1.29, 1.82) is 0 Å². The lowest BCUT2D eigenvalue weighted by atomic mass is 9.90. The van der Waals surface area contributed by atoms with E-state index in [4.69, 9.17) is 9.94 Å². The van der Waals surface area contributed by atoms with Crippen LogP contribution in [0.4, 0.5) is 5.69 Å². The third-order valence-corrected chi connectivity index (χ3v) is 4.61. The summed E-state index contributed by atoms with van der Waals surface area (Å²) in [5.41, 5.74) is 5.35. The van der Waals surface area contributed by atoms with Crippen LogP contribution in [0.25, 0.3) is 6.08 Å². The maximum Gasteiger partial charge on any atom is 0.255 e. The fourth-order valence-corrected chi connectivity index (χ4v) is 3.17. The molecule has 29 heavy (non-hydrogen) atoms. The lowest BCUT2D eigenvalue weighted by molar-refractivity contribution is -0.129. The van der Waals surface area contributed by atoms with Crippen molar-refractivity contribution in [1.82, 2.24) is 5.48 Å². The van der Waals surface area contributed by atoms with Gasteiger partial charge in [-0.25, -0.2) is 5.48 Å². The largest absolute Gasteiger partial charge is 0.496 e. The highest BCUT2D eigenvalue weighted by atomic mass is 16.5. The van der Waals surface area contributed by atoms with Gasteiger partial charge in [0.2, 0.25) is 0 Å². The van der Waals surface area contributed by atoms with E-state index in [1.165, 1.54) is 0 Å². The summed E-state index contributed by atoms with van der Waals surface area (Å²) in [6.45, 7) is 0.649. The molecule has 1 unspecified atom stereocenters. The fourth-order valence-electron chi connectivity index (χ4n) is 3.17. The van der Waals surface area contributed by atoms with Gasteiger partial charge in [0.05, 0.1) is 13.0 Å². The topological polar surface area (TPSA) is 70.6 Å². The highest BCUT2D eigenvalue weighted by molar-refractivity contribution is 5.86. The molecule has 1 atom stereocenters. The summed E-state index contributed by atoms with van der Waals surface area (Å²) in [5.74, 6) is -0.195. The number of benzene rings is 3. The average molecular weight is 388 g/mol. The van der Waals surface area contributed by atoms with Crippen LogP contribution in [0.3, 0.4) is 0 Å². The highest BCUT2D eigenvalue weighted by Crippen LogP contribution is 2.26. The van der Waals surface area contributed by atoms with Gasteiger partial charge in [-0.05, 0) is 29.3 Å². The molecule has 0 aromatic heterocycles. The van der Waals surface area contributed by atoms with Crippen molar-refractivity contribution in [2.75, 3.05) is 19.0 Å². The van der Waals surface area contributed by atoms with Gasteiger partial charge in [0, 0.05) is 17.8 Å². The molecule has 0 bridgehead atoms. The Morgan fingerprint density at radius 3 is 2.31 bits per heavy atom. The van der Waals surface area contributed by atoms with Crippen LogP contribution < -0.4 is 15.5 Å². The van der Waals surface area contributed by atoms with Crippen LogP contribution in [0.15, 0.2) is 84.9 Å². The van der Waals surface area contributed by atoms with Crippen LogP contribution in [0.5, 0.6) is 5.75 Å². The molecule has 0 radical (unpaired) electrons. The van der Waals surface area contributed by atoms with Gasteiger partial charge >= 0.3 is 0 Å². The molecule has 3 aromatic carbocycles. The number of carbonyl (C=O) groups is 1. The van der Waals surface area contributed by atoms with Crippen molar-refractivity contribution < 1.29 is 14.7 Å². The zero-order valence-electron chi connectivity index (χ0n) is 16.2. The Morgan fingerprint density at radius 1 is 0.966 bits per heavy atom. The molecule has 0 aliphatic rings. The van der Waals surface area contributed by atoms with Crippen LogP contribution >= 0.6 is 0 Å². The van der Waals surface area contributed by atoms with Crippen molar-refractivity contribution in [2.24, 2.45) is 0 Å². The zero-order chi connectivity index (χ0) is 20.5.